The Bertz CT molecular complexity index is 1100. The lowest BCUT2D eigenvalue weighted by atomic mass is 10.2. The molecule has 1 aliphatic rings. The number of benzene rings is 2. The lowest BCUT2D eigenvalue weighted by molar-refractivity contribution is 0.0310. The number of hydrazine groups is 1. The summed E-state index contributed by atoms with van der Waals surface area (Å²) in [6, 6.07) is 11.0. The first-order chi connectivity index (χ1) is 15.4. The van der Waals surface area contributed by atoms with Crippen LogP contribution in [0.2, 0.25) is 10.0 Å². The number of furan rings is 1. The summed E-state index contributed by atoms with van der Waals surface area (Å²) in [6.07, 6.45) is -0.739. The average molecular weight is 482 g/mol. The van der Waals surface area contributed by atoms with E-state index in [1.165, 1.54) is 12.1 Å². The molecule has 2 heterocycles. The Hall–Kier alpha value is -2.36. The van der Waals surface area contributed by atoms with Crippen molar-refractivity contribution in [3.05, 3.63) is 64.1 Å². The smallest absolute Gasteiger partial charge is 0.301 e. The van der Waals surface area contributed by atoms with Gasteiger partial charge in [-0.05, 0) is 36.4 Å². The molecule has 0 bridgehead atoms. The predicted octanol–water partition coefficient (Wildman–Crippen LogP) is 3.58. The number of halogens is 3. The quantitative estimate of drug-likeness (QED) is 0.536. The Balaban J connectivity index is 1.21. The SMILES string of the molecule is O=C(NN1CCN(C[C@@H](O)COc2ccc(Cl)c(F)c2)CC1)c1cc2cc(Cl)ccc2o1. The van der Waals surface area contributed by atoms with E-state index < -0.39 is 11.9 Å². The minimum atomic E-state index is -0.739. The minimum Gasteiger partial charge on any atom is -0.491 e. The molecule has 1 saturated heterocycles. The van der Waals surface area contributed by atoms with Crippen molar-refractivity contribution < 1.29 is 23.4 Å². The molecule has 0 spiro atoms. The van der Waals surface area contributed by atoms with Gasteiger partial charge in [0.25, 0.3) is 0 Å². The lowest BCUT2D eigenvalue weighted by Gasteiger charge is -2.35. The Kier molecular flexibility index (Phi) is 7.17. The Morgan fingerprint density at radius 3 is 2.69 bits per heavy atom. The highest BCUT2D eigenvalue weighted by molar-refractivity contribution is 6.31. The summed E-state index contributed by atoms with van der Waals surface area (Å²) in [4.78, 5) is 14.6. The van der Waals surface area contributed by atoms with Crippen LogP contribution in [-0.4, -0.2) is 66.4 Å². The molecule has 7 nitrogen and oxygen atoms in total. The van der Waals surface area contributed by atoms with Crippen molar-refractivity contribution in [3.63, 3.8) is 0 Å². The molecule has 1 fully saturated rings. The summed E-state index contributed by atoms with van der Waals surface area (Å²) in [6.45, 7) is 2.93. The Labute approximate surface area is 194 Å². The van der Waals surface area contributed by atoms with Gasteiger partial charge >= 0.3 is 5.91 Å². The number of fused-ring (bicyclic) bond motifs is 1. The number of aliphatic hydroxyl groups excluding tert-OH is 1. The van der Waals surface area contributed by atoms with Crippen molar-refractivity contribution in [3.8, 4) is 5.75 Å². The summed E-state index contributed by atoms with van der Waals surface area (Å²) < 4.78 is 24.5. The van der Waals surface area contributed by atoms with Gasteiger partial charge in [-0.2, -0.15) is 0 Å². The second-order valence-electron chi connectivity index (χ2n) is 7.56. The van der Waals surface area contributed by atoms with Gasteiger partial charge in [-0.15, -0.1) is 0 Å². The third kappa shape index (κ3) is 5.70. The highest BCUT2D eigenvalue weighted by Crippen LogP contribution is 2.23. The summed E-state index contributed by atoms with van der Waals surface area (Å²) in [5, 5.41) is 13.4. The molecule has 3 aromatic rings. The van der Waals surface area contributed by atoms with Crippen molar-refractivity contribution in [2.75, 3.05) is 39.3 Å². The Morgan fingerprint density at radius 1 is 1.16 bits per heavy atom. The molecule has 0 saturated carbocycles. The maximum Gasteiger partial charge on any atom is 0.301 e. The largest absolute Gasteiger partial charge is 0.491 e. The number of nitrogens with zero attached hydrogens (tertiary/aromatic N) is 2. The highest BCUT2D eigenvalue weighted by Gasteiger charge is 2.22. The topological polar surface area (TPSA) is 78.2 Å². The van der Waals surface area contributed by atoms with E-state index in [0.717, 1.165) is 5.39 Å². The van der Waals surface area contributed by atoms with Crippen molar-refractivity contribution >= 4 is 40.1 Å². The van der Waals surface area contributed by atoms with Crippen molar-refractivity contribution in [2.45, 2.75) is 6.10 Å². The van der Waals surface area contributed by atoms with E-state index in [1.807, 2.05) is 5.01 Å². The van der Waals surface area contributed by atoms with Crippen LogP contribution in [0.25, 0.3) is 11.0 Å². The fraction of sp³-hybridized carbons (Fsp3) is 0.318. The van der Waals surface area contributed by atoms with E-state index in [9.17, 15) is 14.3 Å². The lowest BCUT2D eigenvalue weighted by Crippen LogP contribution is -2.54. The van der Waals surface area contributed by atoms with Crippen LogP contribution in [0.1, 0.15) is 10.6 Å². The average Bonchev–Trinajstić information content (AvgIpc) is 3.19. The molecule has 32 heavy (non-hydrogen) atoms. The molecule has 0 aliphatic carbocycles. The van der Waals surface area contributed by atoms with Crippen LogP contribution < -0.4 is 10.2 Å². The first-order valence-electron chi connectivity index (χ1n) is 10.1. The number of amides is 1. The van der Waals surface area contributed by atoms with Gasteiger partial charge in [0, 0.05) is 49.2 Å². The third-order valence-electron chi connectivity index (χ3n) is 5.14. The minimum absolute atomic E-state index is 0.0209. The van der Waals surface area contributed by atoms with Gasteiger partial charge in [-0.25, -0.2) is 9.40 Å². The number of hydrogen-bond donors (Lipinski definition) is 2. The Morgan fingerprint density at radius 2 is 1.94 bits per heavy atom. The molecule has 4 rings (SSSR count). The number of piperazine rings is 1. The second kappa shape index (κ2) is 10.1. The summed E-state index contributed by atoms with van der Waals surface area (Å²) >= 11 is 11.6. The summed E-state index contributed by atoms with van der Waals surface area (Å²) in [7, 11) is 0. The molecule has 0 radical (unpaired) electrons. The second-order valence-corrected chi connectivity index (χ2v) is 8.41. The number of nitrogens with one attached hydrogen (secondary N) is 1. The number of ether oxygens (including phenoxy) is 1. The first-order valence-corrected chi connectivity index (χ1v) is 10.9. The van der Waals surface area contributed by atoms with Gasteiger partial charge in [0.1, 0.15) is 29.9 Å². The monoisotopic (exact) mass is 481 g/mol. The van der Waals surface area contributed by atoms with E-state index >= 15 is 0 Å². The zero-order chi connectivity index (χ0) is 22.7. The van der Waals surface area contributed by atoms with Gasteiger partial charge < -0.3 is 14.3 Å². The number of carbonyl (C=O) groups excluding carboxylic acids is 1. The van der Waals surface area contributed by atoms with Crippen LogP contribution in [0, 0.1) is 5.82 Å². The number of rotatable bonds is 7. The van der Waals surface area contributed by atoms with Crippen LogP contribution in [0.5, 0.6) is 5.75 Å². The van der Waals surface area contributed by atoms with Gasteiger partial charge in [0.05, 0.1) is 5.02 Å². The maximum atomic E-state index is 13.5. The highest BCUT2D eigenvalue weighted by atomic mass is 35.5. The van der Waals surface area contributed by atoms with Crippen LogP contribution in [0.3, 0.4) is 0 Å². The molecular formula is C22H22Cl2FN3O4. The van der Waals surface area contributed by atoms with Crippen molar-refractivity contribution in [2.24, 2.45) is 0 Å². The van der Waals surface area contributed by atoms with E-state index in [2.05, 4.69) is 10.3 Å². The molecule has 10 heteroatoms. The zero-order valence-electron chi connectivity index (χ0n) is 17.1. The van der Waals surface area contributed by atoms with Crippen LogP contribution in [-0.2, 0) is 0 Å². The van der Waals surface area contributed by atoms with E-state index in [0.29, 0.717) is 49.1 Å². The van der Waals surface area contributed by atoms with Gasteiger partial charge in [-0.1, -0.05) is 23.2 Å². The van der Waals surface area contributed by atoms with Crippen molar-refractivity contribution in [1.82, 2.24) is 15.3 Å². The molecule has 2 N–H and O–H groups in total. The number of carbonyl (C=O) groups is 1. The molecule has 1 atom stereocenters. The molecule has 2 aromatic carbocycles. The van der Waals surface area contributed by atoms with Gasteiger partial charge in [0.15, 0.2) is 5.76 Å². The molecule has 0 unspecified atom stereocenters. The molecule has 1 aliphatic heterocycles. The molecular weight excluding hydrogens is 460 g/mol. The molecule has 1 amide bonds. The van der Waals surface area contributed by atoms with Gasteiger partial charge in [-0.3, -0.25) is 15.1 Å². The van der Waals surface area contributed by atoms with Gasteiger partial charge in [0.2, 0.25) is 0 Å². The van der Waals surface area contributed by atoms with E-state index in [-0.39, 0.29) is 23.3 Å². The first kappa shape index (κ1) is 22.8. The summed E-state index contributed by atoms with van der Waals surface area (Å²) in [5.41, 5.74) is 3.45. The fourth-order valence-electron chi connectivity index (χ4n) is 3.48. The fourth-order valence-corrected chi connectivity index (χ4v) is 3.77. The van der Waals surface area contributed by atoms with Crippen LogP contribution >= 0.6 is 23.2 Å². The molecule has 170 valence electrons. The third-order valence-corrected chi connectivity index (χ3v) is 5.68. The molecule has 1 aromatic heterocycles. The standard InChI is InChI=1S/C22H22Cl2FN3O4/c23-15-1-4-20-14(9-15)10-21(32-20)22(30)26-28-7-5-27(6-8-28)12-16(29)13-31-17-2-3-18(24)19(25)11-17/h1-4,9-11,16,29H,5-8,12-13H2,(H,26,30)/t16-/m1/s1. The van der Waals surface area contributed by atoms with E-state index in [1.54, 1.807) is 30.3 Å². The number of hydrogen-bond acceptors (Lipinski definition) is 6. The van der Waals surface area contributed by atoms with Crippen LogP contribution in [0.4, 0.5) is 4.39 Å². The normalized spacial score (nSPS) is 16.2. The number of aliphatic hydroxyl groups is 1. The predicted molar refractivity (Wildman–Crippen MR) is 120 cm³/mol. The van der Waals surface area contributed by atoms with Crippen molar-refractivity contribution in [1.29, 1.82) is 0 Å². The number of β-amino-alcohol motifs (C(OH)–C–C–N with tert-alkyl or cyclic N) is 1. The van der Waals surface area contributed by atoms with Crippen LogP contribution in [0.15, 0.2) is 46.9 Å². The maximum absolute atomic E-state index is 13.5. The van der Waals surface area contributed by atoms with E-state index in [4.69, 9.17) is 32.4 Å². The zero-order valence-corrected chi connectivity index (χ0v) is 18.6. The summed E-state index contributed by atoms with van der Waals surface area (Å²) in [5.74, 6) is -0.361.